The molecule has 2 unspecified atom stereocenters. The van der Waals surface area contributed by atoms with Gasteiger partial charge in [0.25, 0.3) is 5.91 Å². The molecule has 4 rings (SSSR count). The van der Waals surface area contributed by atoms with Crippen molar-refractivity contribution in [3.05, 3.63) is 36.4 Å². The van der Waals surface area contributed by atoms with Gasteiger partial charge >= 0.3 is 0 Å². The number of carbonyl (C=O) groups excluding carboxylic acids is 1. The van der Waals surface area contributed by atoms with E-state index in [0.29, 0.717) is 17.5 Å². The SMILES string of the molecule is O=C(c1cncc(-n2ccnn2)c1)N1CCCC(C2CCCN2)C1. The zero-order valence-corrected chi connectivity index (χ0v) is 13.6. The van der Waals surface area contributed by atoms with Gasteiger partial charge in [-0.05, 0) is 44.2 Å². The van der Waals surface area contributed by atoms with E-state index in [-0.39, 0.29) is 5.91 Å². The van der Waals surface area contributed by atoms with Crippen LogP contribution >= 0.6 is 0 Å². The van der Waals surface area contributed by atoms with Crippen molar-refractivity contribution in [1.29, 1.82) is 0 Å². The molecule has 0 aromatic carbocycles. The van der Waals surface area contributed by atoms with Gasteiger partial charge in [-0.1, -0.05) is 5.21 Å². The number of likely N-dealkylation sites (tertiary alicyclic amines) is 1. The average Bonchev–Trinajstić information content (AvgIpc) is 3.35. The second-order valence-electron chi connectivity index (χ2n) is 6.64. The van der Waals surface area contributed by atoms with Crippen LogP contribution in [0.3, 0.4) is 0 Å². The van der Waals surface area contributed by atoms with Crippen LogP contribution in [0.5, 0.6) is 0 Å². The molecule has 7 heteroatoms. The second-order valence-corrected chi connectivity index (χ2v) is 6.64. The Morgan fingerprint density at radius 3 is 3.00 bits per heavy atom. The molecule has 0 spiro atoms. The van der Waals surface area contributed by atoms with Crippen molar-refractivity contribution in [2.24, 2.45) is 5.92 Å². The average molecular weight is 326 g/mol. The largest absolute Gasteiger partial charge is 0.338 e. The van der Waals surface area contributed by atoms with E-state index < -0.39 is 0 Å². The van der Waals surface area contributed by atoms with Gasteiger partial charge in [0.2, 0.25) is 0 Å². The highest BCUT2D eigenvalue weighted by Gasteiger charge is 2.31. The van der Waals surface area contributed by atoms with Crippen molar-refractivity contribution in [1.82, 2.24) is 30.2 Å². The molecule has 2 atom stereocenters. The van der Waals surface area contributed by atoms with Gasteiger partial charge in [-0.15, -0.1) is 5.10 Å². The zero-order chi connectivity index (χ0) is 16.4. The summed E-state index contributed by atoms with van der Waals surface area (Å²) in [4.78, 5) is 19.1. The Morgan fingerprint density at radius 2 is 2.21 bits per heavy atom. The minimum absolute atomic E-state index is 0.0622. The molecule has 2 aromatic heterocycles. The number of amides is 1. The molecule has 0 radical (unpaired) electrons. The summed E-state index contributed by atoms with van der Waals surface area (Å²) in [7, 11) is 0. The molecule has 4 heterocycles. The van der Waals surface area contributed by atoms with Crippen molar-refractivity contribution < 1.29 is 4.79 Å². The summed E-state index contributed by atoms with van der Waals surface area (Å²) in [5.74, 6) is 0.629. The van der Waals surface area contributed by atoms with E-state index >= 15 is 0 Å². The van der Waals surface area contributed by atoms with Crippen molar-refractivity contribution in [2.75, 3.05) is 19.6 Å². The van der Waals surface area contributed by atoms with E-state index in [1.54, 1.807) is 29.5 Å². The molecule has 0 bridgehead atoms. The highest BCUT2D eigenvalue weighted by Crippen LogP contribution is 2.25. The smallest absolute Gasteiger partial charge is 0.255 e. The van der Waals surface area contributed by atoms with E-state index in [1.807, 2.05) is 11.0 Å². The first-order chi connectivity index (χ1) is 11.8. The number of hydrogen-bond donors (Lipinski definition) is 1. The molecule has 24 heavy (non-hydrogen) atoms. The molecule has 2 aliphatic rings. The van der Waals surface area contributed by atoms with Crippen LogP contribution in [0.2, 0.25) is 0 Å². The van der Waals surface area contributed by atoms with Crippen LogP contribution in [0, 0.1) is 5.92 Å². The molecule has 2 aromatic rings. The molecule has 0 aliphatic carbocycles. The van der Waals surface area contributed by atoms with Gasteiger partial charge in [0.1, 0.15) is 0 Å². The van der Waals surface area contributed by atoms with Crippen LogP contribution in [0.15, 0.2) is 30.9 Å². The number of nitrogens with zero attached hydrogens (tertiary/aromatic N) is 5. The zero-order valence-electron chi connectivity index (χ0n) is 13.6. The first kappa shape index (κ1) is 15.3. The lowest BCUT2D eigenvalue weighted by Crippen LogP contribution is -2.45. The molecule has 0 saturated carbocycles. The first-order valence-corrected chi connectivity index (χ1v) is 8.65. The highest BCUT2D eigenvalue weighted by atomic mass is 16.2. The summed E-state index contributed by atoms with van der Waals surface area (Å²) < 4.78 is 1.62. The Labute approximate surface area is 141 Å². The Kier molecular flexibility index (Phi) is 4.25. The Bertz CT molecular complexity index is 695. The summed E-state index contributed by atoms with van der Waals surface area (Å²) in [6, 6.07) is 2.40. The lowest BCUT2D eigenvalue weighted by atomic mass is 9.89. The van der Waals surface area contributed by atoms with Crippen LogP contribution in [-0.2, 0) is 0 Å². The molecule has 1 N–H and O–H groups in total. The number of rotatable bonds is 3. The standard InChI is InChI=1S/C17H22N6O/c24-17(14-9-15(11-18-10-14)23-8-6-20-21-23)22-7-2-3-13(12-22)16-4-1-5-19-16/h6,8-11,13,16,19H,1-5,7,12H2. The fraction of sp³-hybridized carbons (Fsp3) is 0.529. The lowest BCUT2D eigenvalue weighted by Gasteiger charge is -2.35. The Balaban J connectivity index is 1.49. The third-order valence-corrected chi connectivity index (χ3v) is 5.07. The third-order valence-electron chi connectivity index (χ3n) is 5.07. The fourth-order valence-electron chi connectivity index (χ4n) is 3.84. The predicted octanol–water partition coefficient (Wildman–Crippen LogP) is 1.27. The van der Waals surface area contributed by atoms with E-state index in [0.717, 1.165) is 31.7 Å². The van der Waals surface area contributed by atoms with Gasteiger partial charge in [-0.2, -0.15) is 0 Å². The summed E-state index contributed by atoms with van der Waals surface area (Å²) in [5.41, 5.74) is 1.37. The van der Waals surface area contributed by atoms with Crippen LogP contribution in [0.4, 0.5) is 0 Å². The van der Waals surface area contributed by atoms with Gasteiger partial charge < -0.3 is 10.2 Å². The summed E-state index contributed by atoms with van der Waals surface area (Å²) in [5, 5.41) is 11.3. The van der Waals surface area contributed by atoms with Crippen molar-refractivity contribution in [3.8, 4) is 5.69 Å². The second kappa shape index (κ2) is 6.68. The molecule has 7 nitrogen and oxygen atoms in total. The third kappa shape index (κ3) is 3.03. The molecular formula is C17H22N6O. The van der Waals surface area contributed by atoms with Gasteiger partial charge in [-0.25, -0.2) is 4.68 Å². The van der Waals surface area contributed by atoms with Crippen LogP contribution in [-0.4, -0.2) is 56.5 Å². The highest BCUT2D eigenvalue weighted by molar-refractivity contribution is 5.94. The quantitative estimate of drug-likeness (QED) is 0.919. The van der Waals surface area contributed by atoms with Crippen LogP contribution in [0.1, 0.15) is 36.0 Å². The number of aromatic nitrogens is 4. The summed E-state index contributed by atoms with van der Waals surface area (Å²) in [6.07, 6.45) is 11.4. The van der Waals surface area contributed by atoms with Crippen molar-refractivity contribution >= 4 is 5.91 Å². The molecule has 2 saturated heterocycles. The van der Waals surface area contributed by atoms with E-state index in [2.05, 4.69) is 20.6 Å². The number of piperidine rings is 1. The van der Waals surface area contributed by atoms with Gasteiger partial charge in [0, 0.05) is 25.3 Å². The topological polar surface area (TPSA) is 75.9 Å². The normalized spacial score (nSPS) is 24.2. The van der Waals surface area contributed by atoms with Crippen LogP contribution < -0.4 is 5.32 Å². The monoisotopic (exact) mass is 326 g/mol. The maximum Gasteiger partial charge on any atom is 0.255 e. The number of carbonyl (C=O) groups is 1. The van der Waals surface area contributed by atoms with E-state index in [9.17, 15) is 4.79 Å². The molecule has 2 aliphatic heterocycles. The maximum atomic E-state index is 12.9. The summed E-state index contributed by atoms with van der Waals surface area (Å²) in [6.45, 7) is 2.78. The van der Waals surface area contributed by atoms with Gasteiger partial charge in [-0.3, -0.25) is 9.78 Å². The van der Waals surface area contributed by atoms with Crippen molar-refractivity contribution in [3.63, 3.8) is 0 Å². The number of pyridine rings is 1. The van der Waals surface area contributed by atoms with Gasteiger partial charge in [0.05, 0.1) is 29.8 Å². The lowest BCUT2D eigenvalue weighted by molar-refractivity contribution is 0.0650. The molecule has 126 valence electrons. The molecule has 1 amide bonds. The molecular weight excluding hydrogens is 304 g/mol. The number of nitrogens with one attached hydrogen (secondary N) is 1. The minimum Gasteiger partial charge on any atom is -0.338 e. The first-order valence-electron chi connectivity index (χ1n) is 8.65. The van der Waals surface area contributed by atoms with Gasteiger partial charge in [0.15, 0.2) is 0 Å². The fourth-order valence-corrected chi connectivity index (χ4v) is 3.84. The van der Waals surface area contributed by atoms with E-state index in [4.69, 9.17) is 0 Å². The predicted molar refractivity (Wildman–Crippen MR) is 88.8 cm³/mol. The molecule has 2 fully saturated rings. The Hall–Kier alpha value is -2.28. The maximum absolute atomic E-state index is 12.9. The Morgan fingerprint density at radius 1 is 1.25 bits per heavy atom. The van der Waals surface area contributed by atoms with Crippen LogP contribution in [0.25, 0.3) is 5.69 Å². The number of hydrogen-bond acceptors (Lipinski definition) is 5. The minimum atomic E-state index is 0.0622. The van der Waals surface area contributed by atoms with E-state index in [1.165, 1.54) is 19.3 Å². The van der Waals surface area contributed by atoms with Crippen molar-refractivity contribution in [2.45, 2.75) is 31.7 Å². The summed E-state index contributed by atoms with van der Waals surface area (Å²) >= 11 is 0.